The molecule has 0 saturated heterocycles. The van der Waals surface area contributed by atoms with Crippen molar-refractivity contribution in [1.29, 1.82) is 0 Å². The van der Waals surface area contributed by atoms with Crippen LogP contribution in [0.1, 0.15) is 72.2 Å². The van der Waals surface area contributed by atoms with E-state index in [2.05, 4.69) is 287 Å². The van der Waals surface area contributed by atoms with Gasteiger partial charge in [0.05, 0.1) is 22.1 Å². The molecule has 4 heteroatoms. The molecular formula is C82H54N4. The maximum absolute atomic E-state index is 5.71. The van der Waals surface area contributed by atoms with Crippen molar-refractivity contribution in [2.45, 2.75) is 43.9 Å². The van der Waals surface area contributed by atoms with Gasteiger partial charge in [-0.2, -0.15) is 0 Å². The zero-order chi connectivity index (χ0) is 56.9. The van der Waals surface area contributed by atoms with Gasteiger partial charge in [0.25, 0.3) is 0 Å². The molecule has 5 aliphatic rings. The van der Waals surface area contributed by atoms with E-state index in [9.17, 15) is 0 Å². The van der Waals surface area contributed by atoms with Crippen molar-refractivity contribution in [2.24, 2.45) is 0 Å². The van der Waals surface area contributed by atoms with Crippen molar-refractivity contribution in [3.8, 4) is 118 Å². The molecule has 1 spiro atoms. The van der Waals surface area contributed by atoms with Crippen LogP contribution < -0.4 is 0 Å². The van der Waals surface area contributed by atoms with Gasteiger partial charge in [0.2, 0.25) is 0 Å². The van der Waals surface area contributed by atoms with Crippen LogP contribution in [0.2, 0.25) is 0 Å². The summed E-state index contributed by atoms with van der Waals surface area (Å²) in [6, 6.07) is 94.8. The summed E-state index contributed by atoms with van der Waals surface area (Å²) in [7, 11) is 0. The molecule has 0 radical (unpaired) electrons. The number of hydrogen-bond acceptors (Lipinski definition) is 3. The zero-order valence-electron chi connectivity index (χ0n) is 48.0. The predicted octanol–water partition coefficient (Wildman–Crippen LogP) is 20.2. The number of nitrogens with zero attached hydrogens (tertiary/aromatic N) is 4. The third-order valence-electron chi connectivity index (χ3n) is 20.4. The fraction of sp³-hybridized carbons (Fsp3) is 0.0854. The van der Waals surface area contributed by atoms with Gasteiger partial charge in [-0.15, -0.1) is 0 Å². The first kappa shape index (κ1) is 47.9. The Morgan fingerprint density at radius 2 is 0.756 bits per heavy atom. The number of aromatic nitrogens is 4. The molecule has 402 valence electrons. The van der Waals surface area contributed by atoms with Gasteiger partial charge >= 0.3 is 0 Å². The molecular weight excluding hydrogens is 1040 g/mol. The van der Waals surface area contributed by atoms with Crippen molar-refractivity contribution in [1.82, 2.24) is 19.5 Å². The van der Waals surface area contributed by atoms with Gasteiger partial charge in [-0.25, -0.2) is 15.0 Å². The quantitative estimate of drug-likeness (QED) is 0.172. The Morgan fingerprint density at radius 1 is 0.291 bits per heavy atom. The van der Waals surface area contributed by atoms with Crippen LogP contribution >= 0.6 is 0 Å². The van der Waals surface area contributed by atoms with Gasteiger partial charge in [0, 0.05) is 49.4 Å². The first-order valence-electron chi connectivity index (χ1n) is 30.2. The highest BCUT2D eigenvalue weighted by molar-refractivity contribution is 6.23. The van der Waals surface area contributed by atoms with Gasteiger partial charge in [-0.05, 0) is 129 Å². The van der Waals surface area contributed by atoms with E-state index in [1.807, 2.05) is 0 Å². The highest BCUT2D eigenvalue weighted by atomic mass is 15.0. The zero-order valence-corrected chi connectivity index (χ0v) is 48.0. The second kappa shape index (κ2) is 16.8. The molecule has 1 aliphatic heterocycles. The van der Waals surface area contributed by atoms with Gasteiger partial charge in [-0.3, -0.25) is 0 Å². The van der Waals surface area contributed by atoms with E-state index in [1.165, 1.54) is 133 Å². The highest BCUT2D eigenvalue weighted by Crippen LogP contribution is 2.65. The van der Waals surface area contributed by atoms with Crippen LogP contribution in [0, 0.1) is 0 Å². The van der Waals surface area contributed by atoms with Crippen LogP contribution in [0.4, 0.5) is 0 Å². The fourth-order valence-electron chi connectivity index (χ4n) is 16.9. The summed E-state index contributed by atoms with van der Waals surface area (Å²) in [5.74, 6) is 1.94. The van der Waals surface area contributed by atoms with Crippen LogP contribution in [0.5, 0.6) is 0 Å². The summed E-state index contributed by atoms with van der Waals surface area (Å²) in [6.45, 7) is 9.51. The van der Waals surface area contributed by atoms with Crippen molar-refractivity contribution in [3.05, 3.63) is 299 Å². The standard InChI is InChI=1S/C82H54N4/c1-80(2)66-38-20-30-54-53-26-11-17-40-69(53)86-70-41-18-12-29-58(70)72-61(46-68(80)74(73(54)66)76(72)86)48-44-42-47(43-45-48)49-22-5-6-27-56(49)77-83-78(85-79(84-77)60-33-19-31-55-52-25-7-13-34-62(52)81(3,4)75(55)60)59-32-21-39-67-71(59)57-28-10-16-37-65(57)82(67)63-35-14-8-23-50(63)51-24-9-15-36-64(51)82/h5-46H,1-4H3. The molecule has 2 aromatic heterocycles. The number of benzene rings is 12. The number of hydrogen-bond donors (Lipinski definition) is 0. The lowest BCUT2D eigenvalue weighted by Gasteiger charge is -2.30. The molecule has 86 heavy (non-hydrogen) atoms. The minimum atomic E-state index is -0.518. The van der Waals surface area contributed by atoms with Crippen LogP contribution in [0.15, 0.2) is 255 Å². The van der Waals surface area contributed by atoms with Crippen molar-refractivity contribution in [2.75, 3.05) is 0 Å². The summed E-state index contributed by atoms with van der Waals surface area (Å²) in [6.07, 6.45) is 0. The van der Waals surface area contributed by atoms with Crippen molar-refractivity contribution in [3.63, 3.8) is 0 Å². The summed E-state index contributed by atoms with van der Waals surface area (Å²) in [4.78, 5) is 17.1. The maximum atomic E-state index is 5.71. The smallest absolute Gasteiger partial charge is 0.164 e. The van der Waals surface area contributed by atoms with E-state index in [4.69, 9.17) is 15.0 Å². The monoisotopic (exact) mass is 1090 g/mol. The second-order valence-corrected chi connectivity index (χ2v) is 25.2. The molecule has 0 amide bonds. The Labute approximate surface area is 499 Å². The van der Waals surface area contributed by atoms with Gasteiger partial charge in [-0.1, -0.05) is 264 Å². The summed E-state index contributed by atoms with van der Waals surface area (Å²) >= 11 is 0. The molecule has 12 aromatic carbocycles. The normalized spacial score (nSPS) is 14.8. The van der Waals surface area contributed by atoms with Crippen LogP contribution in [-0.4, -0.2) is 19.5 Å². The molecule has 0 unspecified atom stereocenters. The van der Waals surface area contributed by atoms with Gasteiger partial charge < -0.3 is 4.57 Å². The minimum Gasteiger partial charge on any atom is -0.308 e. The third-order valence-corrected chi connectivity index (χ3v) is 20.4. The van der Waals surface area contributed by atoms with Gasteiger partial charge in [0.15, 0.2) is 17.5 Å². The average molecular weight is 1100 g/mol. The van der Waals surface area contributed by atoms with Crippen LogP contribution in [-0.2, 0) is 16.2 Å². The highest BCUT2D eigenvalue weighted by Gasteiger charge is 2.52. The molecule has 19 rings (SSSR count). The lowest BCUT2D eigenvalue weighted by Crippen LogP contribution is -2.25. The Balaban J connectivity index is 0.818. The predicted molar refractivity (Wildman–Crippen MR) is 352 cm³/mol. The van der Waals surface area contributed by atoms with Crippen LogP contribution in [0.3, 0.4) is 0 Å². The first-order chi connectivity index (χ1) is 42.2. The SMILES string of the molecule is CC1(C)c2cccc3c2-c2c1cc(-c1ccc(-c4ccccc4-c4nc(-c5cccc6c5-c5ccccc5C65c6ccccc6-c6ccccc65)nc(-c5cccc6c5C(C)(C)c5ccccc5-6)n4)cc1)c1c4ccccc4n(c21)-c1ccccc1-3. The average Bonchev–Trinajstić information content (AvgIpc) is 1.54. The lowest BCUT2D eigenvalue weighted by molar-refractivity contribution is 0.661. The molecule has 0 fully saturated rings. The van der Waals surface area contributed by atoms with E-state index < -0.39 is 5.41 Å². The fourth-order valence-corrected chi connectivity index (χ4v) is 16.9. The Kier molecular flexibility index (Phi) is 9.38. The first-order valence-corrected chi connectivity index (χ1v) is 30.2. The molecule has 14 aromatic rings. The molecule has 4 aliphatic carbocycles. The van der Waals surface area contributed by atoms with E-state index in [-0.39, 0.29) is 10.8 Å². The van der Waals surface area contributed by atoms with E-state index in [1.54, 1.807) is 0 Å². The Morgan fingerprint density at radius 3 is 1.47 bits per heavy atom. The molecule has 4 nitrogen and oxygen atoms in total. The van der Waals surface area contributed by atoms with E-state index in [0.29, 0.717) is 17.5 Å². The number of para-hydroxylation sites is 2. The largest absolute Gasteiger partial charge is 0.308 e. The molecule has 0 bridgehead atoms. The lowest BCUT2D eigenvalue weighted by atomic mass is 9.70. The Bertz CT molecular complexity index is 5310. The van der Waals surface area contributed by atoms with Gasteiger partial charge in [0.1, 0.15) is 0 Å². The maximum Gasteiger partial charge on any atom is 0.164 e. The van der Waals surface area contributed by atoms with E-state index >= 15 is 0 Å². The summed E-state index contributed by atoms with van der Waals surface area (Å²) in [5, 5.41) is 2.54. The number of rotatable bonds is 5. The molecule has 3 heterocycles. The van der Waals surface area contributed by atoms with Crippen molar-refractivity contribution < 1.29 is 0 Å². The third kappa shape index (κ3) is 5.95. The molecule has 0 N–H and O–H groups in total. The summed E-state index contributed by atoms with van der Waals surface area (Å²) in [5.41, 5.74) is 33.3. The summed E-state index contributed by atoms with van der Waals surface area (Å²) < 4.78 is 2.56. The van der Waals surface area contributed by atoms with Crippen molar-refractivity contribution >= 4 is 21.8 Å². The van der Waals surface area contributed by atoms with E-state index in [0.717, 1.165) is 33.4 Å². The number of fused-ring (bicyclic) bond motifs is 19. The molecule has 0 saturated carbocycles. The Hall–Kier alpha value is -10.6. The topological polar surface area (TPSA) is 43.6 Å². The van der Waals surface area contributed by atoms with Crippen LogP contribution in [0.25, 0.3) is 140 Å². The second-order valence-electron chi connectivity index (χ2n) is 25.2. The minimum absolute atomic E-state index is 0.212. The molecule has 0 atom stereocenters.